The normalized spacial score (nSPS) is 9.61. The van der Waals surface area contributed by atoms with Gasteiger partial charge in [-0.15, -0.1) is 0 Å². The third-order valence-electron chi connectivity index (χ3n) is 2.33. The number of benzene rings is 1. The molecule has 1 aromatic heterocycles. The summed E-state index contributed by atoms with van der Waals surface area (Å²) < 4.78 is 4.63. The van der Waals surface area contributed by atoms with Crippen LogP contribution < -0.4 is 0 Å². The minimum absolute atomic E-state index is 0.170. The molecule has 0 aliphatic heterocycles. The van der Waals surface area contributed by atoms with Gasteiger partial charge in [-0.2, -0.15) is 0 Å². The summed E-state index contributed by atoms with van der Waals surface area (Å²) in [6.07, 6.45) is 0. The van der Waals surface area contributed by atoms with Crippen molar-refractivity contribution >= 4 is 28.5 Å². The maximum atomic E-state index is 11.4. The summed E-state index contributed by atoms with van der Waals surface area (Å²) in [4.78, 5) is 15.6. The quantitative estimate of drug-likeness (QED) is 0.578. The molecular weight excluding hydrogens is 250 g/mol. The Bertz CT molecular complexity index is 567. The lowest BCUT2D eigenvalue weighted by Crippen LogP contribution is -2.03. The van der Waals surface area contributed by atoms with Crippen molar-refractivity contribution in [2.24, 2.45) is 0 Å². The number of nitrogens with zero attached hydrogens (tertiary/aromatic N) is 1. The van der Waals surface area contributed by atoms with E-state index in [1.807, 2.05) is 39.0 Å². The predicted octanol–water partition coefficient (Wildman–Crippen LogP) is 4.01. The molecule has 0 amide bonds. The number of fused-ring (bicyclic) bond motifs is 1. The SMILES string of the molecule is CC.COC(=O)c1cc2cc(C)ccc2nc1Cl. The van der Waals surface area contributed by atoms with Crippen molar-refractivity contribution in [1.82, 2.24) is 4.98 Å². The van der Waals surface area contributed by atoms with Gasteiger partial charge in [0.05, 0.1) is 18.2 Å². The van der Waals surface area contributed by atoms with Crippen molar-refractivity contribution in [3.05, 3.63) is 40.5 Å². The van der Waals surface area contributed by atoms with Crippen molar-refractivity contribution in [3.8, 4) is 0 Å². The number of esters is 1. The molecule has 0 unspecified atom stereocenters. The maximum absolute atomic E-state index is 11.4. The van der Waals surface area contributed by atoms with Crippen LogP contribution in [-0.2, 0) is 4.74 Å². The average molecular weight is 266 g/mol. The van der Waals surface area contributed by atoms with Gasteiger partial charge in [0.25, 0.3) is 0 Å². The monoisotopic (exact) mass is 265 g/mol. The Hall–Kier alpha value is -1.61. The van der Waals surface area contributed by atoms with Crippen LogP contribution in [0.25, 0.3) is 10.9 Å². The number of ether oxygens (including phenoxy) is 1. The number of methoxy groups -OCH3 is 1. The number of carbonyl (C=O) groups is 1. The van der Waals surface area contributed by atoms with Crippen LogP contribution in [0.4, 0.5) is 0 Å². The highest BCUT2D eigenvalue weighted by atomic mass is 35.5. The van der Waals surface area contributed by atoms with E-state index in [1.54, 1.807) is 6.07 Å². The molecule has 18 heavy (non-hydrogen) atoms. The van der Waals surface area contributed by atoms with E-state index in [4.69, 9.17) is 11.6 Å². The van der Waals surface area contributed by atoms with E-state index < -0.39 is 5.97 Å². The summed E-state index contributed by atoms with van der Waals surface area (Å²) >= 11 is 5.90. The molecule has 2 aromatic rings. The lowest BCUT2D eigenvalue weighted by Gasteiger charge is -2.04. The van der Waals surface area contributed by atoms with Gasteiger partial charge in [0.15, 0.2) is 0 Å². The van der Waals surface area contributed by atoms with Crippen molar-refractivity contribution < 1.29 is 9.53 Å². The molecule has 3 nitrogen and oxygen atoms in total. The second kappa shape index (κ2) is 6.36. The standard InChI is InChI=1S/C12H10ClNO2.C2H6/c1-7-3-4-10-8(5-7)6-9(11(13)14-10)12(15)16-2;1-2/h3-6H,1-2H3;1-2H3. The molecule has 0 spiro atoms. The molecule has 0 saturated heterocycles. The molecular formula is C14H16ClNO2. The number of pyridine rings is 1. The molecule has 0 radical (unpaired) electrons. The Morgan fingerprint density at radius 2 is 1.94 bits per heavy atom. The predicted molar refractivity (Wildman–Crippen MR) is 74.2 cm³/mol. The van der Waals surface area contributed by atoms with Crippen molar-refractivity contribution in [2.75, 3.05) is 7.11 Å². The van der Waals surface area contributed by atoms with Crippen molar-refractivity contribution in [3.63, 3.8) is 0 Å². The van der Waals surface area contributed by atoms with E-state index >= 15 is 0 Å². The third-order valence-corrected chi connectivity index (χ3v) is 2.62. The fourth-order valence-electron chi connectivity index (χ4n) is 1.53. The van der Waals surface area contributed by atoms with Crippen LogP contribution in [0.1, 0.15) is 29.8 Å². The van der Waals surface area contributed by atoms with Gasteiger partial charge >= 0.3 is 5.97 Å². The van der Waals surface area contributed by atoms with Gasteiger partial charge in [0, 0.05) is 5.39 Å². The molecule has 96 valence electrons. The highest BCUT2D eigenvalue weighted by molar-refractivity contribution is 6.32. The van der Waals surface area contributed by atoms with Crippen LogP contribution in [0, 0.1) is 6.92 Å². The first-order chi connectivity index (χ1) is 8.61. The lowest BCUT2D eigenvalue weighted by molar-refractivity contribution is 0.0600. The largest absolute Gasteiger partial charge is 0.465 e. The minimum atomic E-state index is -0.471. The molecule has 0 N–H and O–H groups in total. The summed E-state index contributed by atoms with van der Waals surface area (Å²) in [5, 5.41) is 1.05. The minimum Gasteiger partial charge on any atom is -0.465 e. The first kappa shape index (κ1) is 14.5. The van der Waals surface area contributed by atoms with Crippen LogP contribution in [0.5, 0.6) is 0 Å². The van der Waals surface area contributed by atoms with Crippen LogP contribution in [0.2, 0.25) is 5.15 Å². The fraction of sp³-hybridized carbons (Fsp3) is 0.286. The fourth-order valence-corrected chi connectivity index (χ4v) is 1.75. The Kier molecular flexibility index (Phi) is 5.10. The second-order valence-electron chi connectivity index (χ2n) is 3.51. The van der Waals surface area contributed by atoms with Crippen molar-refractivity contribution in [1.29, 1.82) is 0 Å². The Labute approximate surface area is 112 Å². The van der Waals surface area contributed by atoms with Gasteiger partial charge in [-0.3, -0.25) is 0 Å². The number of hydrogen-bond donors (Lipinski definition) is 0. The number of hydrogen-bond acceptors (Lipinski definition) is 3. The second-order valence-corrected chi connectivity index (χ2v) is 3.87. The molecule has 1 heterocycles. The molecule has 0 aliphatic rings. The van der Waals surface area contributed by atoms with Crippen LogP contribution in [0.3, 0.4) is 0 Å². The summed E-state index contributed by atoms with van der Waals surface area (Å²) in [6.45, 7) is 5.98. The third kappa shape index (κ3) is 2.99. The van der Waals surface area contributed by atoms with Gasteiger partial charge in [-0.1, -0.05) is 37.1 Å². The first-order valence-electron chi connectivity index (χ1n) is 5.77. The van der Waals surface area contributed by atoms with Crippen LogP contribution in [0.15, 0.2) is 24.3 Å². The smallest absolute Gasteiger partial charge is 0.341 e. The van der Waals surface area contributed by atoms with E-state index in [0.717, 1.165) is 16.5 Å². The molecule has 1 aromatic carbocycles. The van der Waals surface area contributed by atoms with E-state index in [2.05, 4.69) is 9.72 Å². The zero-order valence-electron chi connectivity index (χ0n) is 11.0. The zero-order chi connectivity index (χ0) is 13.7. The molecule has 0 aliphatic carbocycles. The summed E-state index contributed by atoms with van der Waals surface area (Å²) in [5.74, 6) is -0.471. The summed E-state index contributed by atoms with van der Waals surface area (Å²) in [5.41, 5.74) is 2.16. The number of halogens is 1. The van der Waals surface area contributed by atoms with Gasteiger partial charge in [0.2, 0.25) is 0 Å². The topological polar surface area (TPSA) is 39.2 Å². The summed E-state index contributed by atoms with van der Waals surface area (Å²) in [7, 11) is 1.32. The molecule has 2 rings (SSSR count). The van der Waals surface area contributed by atoms with Crippen LogP contribution >= 0.6 is 11.6 Å². The Morgan fingerprint density at radius 1 is 1.28 bits per heavy atom. The highest BCUT2D eigenvalue weighted by Gasteiger charge is 2.13. The number of aryl methyl sites for hydroxylation is 1. The van der Waals surface area contributed by atoms with E-state index in [0.29, 0.717) is 5.56 Å². The lowest BCUT2D eigenvalue weighted by atomic mass is 10.1. The number of carbonyl (C=O) groups excluding carboxylic acids is 1. The Balaban J connectivity index is 0.000000771. The molecule has 0 atom stereocenters. The van der Waals surface area contributed by atoms with Gasteiger partial charge in [-0.25, -0.2) is 9.78 Å². The van der Waals surface area contributed by atoms with E-state index in [-0.39, 0.29) is 5.15 Å². The van der Waals surface area contributed by atoms with E-state index in [1.165, 1.54) is 7.11 Å². The van der Waals surface area contributed by atoms with Gasteiger partial charge < -0.3 is 4.74 Å². The van der Waals surface area contributed by atoms with Crippen molar-refractivity contribution in [2.45, 2.75) is 20.8 Å². The molecule has 4 heteroatoms. The van der Waals surface area contributed by atoms with Gasteiger partial charge in [-0.05, 0) is 25.1 Å². The molecule has 0 saturated carbocycles. The highest BCUT2D eigenvalue weighted by Crippen LogP contribution is 2.22. The van der Waals surface area contributed by atoms with Crippen LogP contribution in [-0.4, -0.2) is 18.1 Å². The average Bonchev–Trinajstić information content (AvgIpc) is 2.40. The Morgan fingerprint density at radius 3 is 2.56 bits per heavy atom. The first-order valence-corrected chi connectivity index (χ1v) is 6.15. The number of rotatable bonds is 1. The molecule has 0 fully saturated rings. The zero-order valence-corrected chi connectivity index (χ0v) is 11.7. The van der Waals surface area contributed by atoms with Gasteiger partial charge in [0.1, 0.15) is 5.15 Å². The molecule has 0 bridgehead atoms. The number of aromatic nitrogens is 1. The summed E-state index contributed by atoms with van der Waals surface area (Å²) in [6, 6.07) is 7.47. The van der Waals surface area contributed by atoms with E-state index in [9.17, 15) is 4.79 Å². The maximum Gasteiger partial charge on any atom is 0.341 e.